The highest BCUT2D eigenvalue weighted by Crippen LogP contribution is 2.49. The van der Waals surface area contributed by atoms with Crippen molar-refractivity contribution < 1.29 is 28.5 Å². The highest BCUT2D eigenvalue weighted by molar-refractivity contribution is 6.26. The van der Waals surface area contributed by atoms with Gasteiger partial charge >= 0.3 is 12.3 Å². The Bertz CT molecular complexity index is 1830. The summed E-state index contributed by atoms with van der Waals surface area (Å²) in [6, 6.07) is 32.0. The maximum absolute atomic E-state index is 13.0. The maximum atomic E-state index is 13.0. The molecule has 6 nitrogen and oxygen atoms in total. The zero-order valence-corrected chi connectivity index (χ0v) is 29.2. The van der Waals surface area contributed by atoms with E-state index in [4.69, 9.17) is 18.9 Å². The van der Waals surface area contributed by atoms with Crippen molar-refractivity contribution in [3.63, 3.8) is 0 Å². The molecule has 6 aromatic carbocycles. The Kier molecular flexibility index (Phi) is 11.8. The molecular formula is C44H46O6. The van der Waals surface area contributed by atoms with Crippen LogP contribution in [0.25, 0.3) is 54.2 Å². The summed E-state index contributed by atoms with van der Waals surface area (Å²) in [5.74, 6) is 0.948. The molecule has 0 unspecified atom stereocenters. The number of carbonyl (C=O) groups excluding carboxylic acids is 2. The molecule has 0 bridgehead atoms. The molecule has 0 saturated carbocycles. The van der Waals surface area contributed by atoms with Crippen molar-refractivity contribution in [2.24, 2.45) is 0 Å². The highest BCUT2D eigenvalue weighted by atomic mass is 16.7. The summed E-state index contributed by atoms with van der Waals surface area (Å²) in [5, 5.41) is 6.93. The smallest absolute Gasteiger partial charge is 0.434 e. The third-order valence-corrected chi connectivity index (χ3v) is 9.32. The molecule has 0 spiro atoms. The number of fused-ring (bicyclic) bond motifs is 4. The van der Waals surface area contributed by atoms with Crippen LogP contribution in [-0.4, -0.2) is 25.5 Å². The maximum Gasteiger partial charge on any atom is 0.513 e. The molecule has 6 aromatic rings. The SMILES string of the molecule is CCCCCCCOC(=O)Oc1c2ccccc2c(-c2c3ccccc3c(OC(=O)OCCCCCCC)c3ccccc23)c2ccccc12. The zero-order chi connectivity index (χ0) is 34.7. The molecule has 0 atom stereocenters. The minimum Gasteiger partial charge on any atom is -0.434 e. The normalized spacial score (nSPS) is 11.3. The van der Waals surface area contributed by atoms with Gasteiger partial charge in [-0.3, -0.25) is 0 Å². The quantitative estimate of drug-likeness (QED) is 0.0469. The molecule has 6 rings (SSSR count). The van der Waals surface area contributed by atoms with E-state index in [0.29, 0.717) is 24.7 Å². The van der Waals surface area contributed by atoms with Crippen molar-refractivity contribution in [1.29, 1.82) is 0 Å². The van der Waals surface area contributed by atoms with Crippen LogP contribution in [0.3, 0.4) is 0 Å². The van der Waals surface area contributed by atoms with Crippen LogP contribution >= 0.6 is 0 Å². The number of hydrogen-bond acceptors (Lipinski definition) is 6. The van der Waals surface area contributed by atoms with Gasteiger partial charge in [-0.05, 0) is 45.5 Å². The molecule has 50 heavy (non-hydrogen) atoms. The number of benzene rings is 6. The van der Waals surface area contributed by atoms with E-state index in [0.717, 1.165) is 106 Å². The third kappa shape index (κ3) is 7.70. The predicted molar refractivity (Wildman–Crippen MR) is 203 cm³/mol. The summed E-state index contributed by atoms with van der Waals surface area (Å²) in [5.41, 5.74) is 2.00. The van der Waals surface area contributed by atoms with Gasteiger partial charge in [0.1, 0.15) is 11.5 Å². The second-order valence-electron chi connectivity index (χ2n) is 12.8. The lowest BCUT2D eigenvalue weighted by atomic mass is 9.85. The van der Waals surface area contributed by atoms with E-state index in [-0.39, 0.29) is 0 Å². The molecule has 0 amide bonds. The number of rotatable bonds is 15. The Morgan fingerprint density at radius 1 is 0.400 bits per heavy atom. The van der Waals surface area contributed by atoms with Gasteiger partial charge < -0.3 is 18.9 Å². The van der Waals surface area contributed by atoms with Gasteiger partial charge in [0.05, 0.1) is 13.2 Å². The molecule has 0 saturated heterocycles. The Balaban J connectivity index is 1.43. The second kappa shape index (κ2) is 17.0. The van der Waals surface area contributed by atoms with Crippen LogP contribution in [0.2, 0.25) is 0 Å². The molecule has 0 N–H and O–H groups in total. The summed E-state index contributed by atoms with van der Waals surface area (Å²) >= 11 is 0. The fourth-order valence-electron chi connectivity index (χ4n) is 6.88. The van der Waals surface area contributed by atoms with E-state index in [9.17, 15) is 9.59 Å². The van der Waals surface area contributed by atoms with Crippen LogP contribution in [0.1, 0.15) is 78.1 Å². The minimum atomic E-state index is -0.700. The first-order chi connectivity index (χ1) is 24.6. The molecule has 0 radical (unpaired) electrons. The molecule has 0 heterocycles. The van der Waals surface area contributed by atoms with Crippen LogP contribution < -0.4 is 9.47 Å². The van der Waals surface area contributed by atoms with E-state index in [1.165, 1.54) is 12.8 Å². The summed E-state index contributed by atoms with van der Waals surface area (Å²) in [4.78, 5) is 26.1. The summed E-state index contributed by atoms with van der Waals surface area (Å²) < 4.78 is 23.1. The third-order valence-electron chi connectivity index (χ3n) is 9.32. The van der Waals surface area contributed by atoms with E-state index in [1.807, 2.05) is 72.8 Å². The largest absolute Gasteiger partial charge is 0.513 e. The number of carbonyl (C=O) groups is 2. The minimum absolute atomic E-state index is 0.329. The standard InChI is InChI=1S/C44H46O6/c1-3-5-7-9-19-29-47-43(45)49-41-35-25-15-11-21-31(35)39(32-22-12-16-26-36(32)41)40-33-23-13-17-27-37(33)42(38-28-18-14-24-34(38)40)50-44(46)48-30-20-10-8-6-4-2/h11-18,21-28H,3-10,19-20,29-30H2,1-2H3. The van der Waals surface area contributed by atoms with Gasteiger partial charge in [0, 0.05) is 21.5 Å². The number of ether oxygens (including phenoxy) is 4. The Morgan fingerprint density at radius 3 is 0.980 bits per heavy atom. The van der Waals surface area contributed by atoms with Gasteiger partial charge in [-0.15, -0.1) is 0 Å². The van der Waals surface area contributed by atoms with Crippen LogP contribution in [0.15, 0.2) is 97.1 Å². The fourth-order valence-corrected chi connectivity index (χ4v) is 6.88. The van der Waals surface area contributed by atoms with Crippen molar-refractivity contribution in [3.8, 4) is 22.6 Å². The lowest BCUT2D eigenvalue weighted by molar-refractivity contribution is 0.0972. The van der Waals surface area contributed by atoms with Gasteiger partial charge in [-0.1, -0.05) is 162 Å². The van der Waals surface area contributed by atoms with E-state index in [2.05, 4.69) is 38.1 Å². The molecule has 0 fully saturated rings. The first kappa shape index (κ1) is 34.8. The molecule has 6 heteroatoms. The van der Waals surface area contributed by atoms with Crippen LogP contribution in [0.5, 0.6) is 11.5 Å². The van der Waals surface area contributed by atoms with Crippen molar-refractivity contribution in [3.05, 3.63) is 97.1 Å². The lowest BCUT2D eigenvalue weighted by Gasteiger charge is -2.21. The van der Waals surface area contributed by atoms with E-state index >= 15 is 0 Å². The zero-order valence-electron chi connectivity index (χ0n) is 29.2. The molecule has 258 valence electrons. The van der Waals surface area contributed by atoms with Gasteiger partial charge in [-0.25, -0.2) is 9.59 Å². The van der Waals surface area contributed by atoms with Crippen molar-refractivity contribution >= 4 is 55.4 Å². The molecule has 0 aliphatic heterocycles. The predicted octanol–water partition coefficient (Wildman–Crippen LogP) is 12.9. The van der Waals surface area contributed by atoms with Gasteiger partial charge in [0.15, 0.2) is 0 Å². The molecule has 0 aliphatic rings. The van der Waals surface area contributed by atoms with Crippen LogP contribution in [0.4, 0.5) is 9.59 Å². The Labute approximate surface area is 294 Å². The lowest BCUT2D eigenvalue weighted by Crippen LogP contribution is -2.12. The van der Waals surface area contributed by atoms with E-state index < -0.39 is 12.3 Å². The molecule has 0 aliphatic carbocycles. The van der Waals surface area contributed by atoms with Crippen LogP contribution in [0, 0.1) is 0 Å². The number of unbranched alkanes of at least 4 members (excludes halogenated alkanes) is 8. The first-order valence-electron chi connectivity index (χ1n) is 18.2. The molecular weight excluding hydrogens is 624 g/mol. The Morgan fingerprint density at radius 2 is 0.680 bits per heavy atom. The average Bonchev–Trinajstić information content (AvgIpc) is 3.15. The number of hydrogen-bond donors (Lipinski definition) is 0. The average molecular weight is 671 g/mol. The summed E-state index contributed by atoms with van der Waals surface area (Å²) in [6.07, 6.45) is 9.22. The fraction of sp³-hybridized carbons (Fsp3) is 0.318. The van der Waals surface area contributed by atoms with Crippen molar-refractivity contribution in [1.82, 2.24) is 0 Å². The summed E-state index contributed by atoms with van der Waals surface area (Å²) in [7, 11) is 0. The summed E-state index contributed by atoms with van der Waals surface area (Å²) in [6.45, 7) is 5.02. The first-order valence-corrected chi connectivity index (χ1v) is 18.2. The molecule has 0 aromatic heterocycles. The topological polar surface area (TPSA) is 71.1 Å². The van der Waals surface area contributed by atoms with E-state index in [1.54, 1.807) is 0 Å². The van der Waals surface area contributed by atoms with Gasteiger partial charge in [-0.2, -0.15) is 0 Å². The monoisotopic (exact) mass is 670 g/mol. The van der Waals surface area contributed by atoms with Gasteiger partial charge in [0.25, 0.3) is 0 Å². The van der Waals surface area contributed by atoms with Crippen molar-refractivity contribution in [2.45, 2.75) is 78.1 Å². The van der Waals surface area contributed by atoms with Crippen LogP contribution in [-0.2, 0) is 9.47 Å². The van der Waals surface area contributed by atoms with Crippen molar-refractivity contribution in [2.75, 3.05) is 13.2 Å². The second-order valence-corrected chi connectivity index (χ2v) is 12.8. The van der Waals surface area contributed by atoms with Gasteiger partial charge in [0.2, 0.25) is 0 Å². The highest BCUT2D eigenvalue weighted by Gasteiger charge is 2.24. The Hall–Kier alpha value is -5.10.